The molecule has 4 rings (SSSR count). The fourth-order valence-electron chi connectivity index (χ4n) is 3.24. The van der Waals surface area contributed by atoms with E-state index in [0.29, 0.717) is 11.5 Å². The third kappa shape index (κ3) is 3.93. The van der Waals surface area contributed by atoms with Crippen LogP contribution < -0.4 is 14.8 Å². The molecule has 0 aliphatic rings. The highest BCUT2D eigenvalue weighted by atomic mass is 16.5. The van der Waals surface area contributed by atoms with Crippen LogP contribution in [0.25, 0.3) is 33.6 Å². The van der Waals surface area contributed by atoms with Crippen LogP contribution in [-0.4, -0.2) is 36.2 Å². The van der Waals surface area contributed by atoms with Crippen molar-refractivity contribution in [3.63, 3.8) is 0 Å². The summed E-state index contributed by atoms with van der Waals surface area (Å²) in [6, 6.07) is 17.8. The molecule has 0 amide bonds. The van der Waals surface area contributed by atoms with Crippen molar-refractivity contribution in [3.8, 4) is 45.1 Å². The maximum absolute atomic E-state index is 5.44. The van der Waals surface area contributed by atoms with Crippen LogP contribution >= 0.6 is 0 Å². The topological polar surface area (TPSA) is 69.2 Å². The summed E-state index contributed by atoms with van der Waals surface area (Å²) >= 11 is 0. The third-order valence-corrected chi connectivity index (χ3v) is 4.80. The molecule has 1 N–H and O–H groups in total. The predicted molar refractivity (Wildman–Crippen MR) is 119 cm³/mol. The van der Waals surface area contributed by atoms with Gasteiger partial charge < -0.3 is 14.8 Å². The van der Waals surface area contributed by atoms with Gasteiger partial charge in [0.1, 0.15) is 5.82 Å². The van der Waals surface area contributed by atoms with Crippen molar-refractivity contribution in [2.45, 2.75) is 0 Å². The van der Waals surface area contributed by atoms with Gasteiger partial charge in [-0.25, -0.2) is 4.98 Å². The van der Waals surface area contributed by atoms with E-state index in [1.54, 1.807) is 20.4 Å². The summed E-state index contributed by atoms with van der Waals surface area (Å²) in [5, 5.41) is 3.13. The average Bonchev–Trinajstić information content (AvgIpc) is 2.83. The zero-order chi connectivity index (χ0) is 20.9. The summed E-state index contributed by atoms with van der Waals surface area (Å²) in [5.41, 5.74) is 5.59. The zero-order valence-electron chi connectivity index (χ0n) is 17.1. The molecule has 6 nitrogen and oxygen atoms in total. The molecule has 0 unspecified atom stereocenters. The van der Waals surface area contributed by atoms with Crippen LogP contribution in [0.15, 0.2) is 73.2 Å². The lowest BCUT2D eigenvalue weighted by atomic mass is 10.0. The van der Waals surface area contributed by atoms with Gasteiger partial charge in [0, 0.05) is 36.8 Å². The molecule has 1 aromatic carbocycles. The molecule has 0 spiro atoms. The Morgan fingerprint density at radius 1 is 0.733 bits per heavy atom. The van der Waals surface area contributed by atoms with Crippen LogP contribution in [0, 0.1) is 0 Å². The van der Waals surface area contributed by atoms with Crippen LogP contribution in [0.5, 0.6) is 11.5 Å². The number of hydrogen-bond donors (Lipinski definition) is 1. The second kappa shape index (κ2) is 8.61. The Kier molecular flexibility index (Phi) is 5.57. The molecule has 0 radical (unpaired) electrons. The average molecular weight is 398 g/mol. The minimum absolute atomic E-state index is 0.680. The van der Waals surface area contributed by atoms with Gasteiger partial charge in [-0.05, 0) is 53.6 Å². The number of methoxy groups -OCH3 is 2. The van der Waals surface area contributed by atoms with Gasteiger partial charge >= 0.3 is 0 Å². The minimum Gasteiger partial charge on any atom is -0.493 e. The second-order valence-corrected chi connectivity index (χ2v) is 6.62. The number of anilines is 1. The lowest BCUT2D eigenvalue weighted by Gasteiger charge is -2.11. The smallest absolute Gasteiger partial charge is 0.161 e. The molecule has 4 aromatic rings. The van der Waals surface area contributed by atoms with E-state index in [9.17, 15) is 0 Å². The molecule has 150 valence electrons. The summed E-state index contributed by atoms with van der Waals surface area (Å²) in [4.78, 5) is 13.5. The summed E-state index contributed by atoms with van der Waals surface area (Å²) < 4.78 is 10.8. The van der Waals surface area contributed by atoms with E-state index in [1.165, 1.54) is 0 Å². The molecule has 0 bridgehead atoms. The lowest BCUT2D eigenvalue weighted by molar-refractivity contribution is 0.355. The number of benzene rings is 1. The van der Waals surface area contributed by atoms with Crippen molar-refractivity contribution in [1.82, 2.24) is 15.0 Å². The number of nitrogens with zero attached hydrogens (tertiary/aromatic N) is 3. The van der Waals surface area contributed by atoms with Crippen LogP contribution in [0.2, 0.25) is 0 Å². The standard InChI is InChI=1S/C24H22N4O2/c1-25-24-13-17(11-21(28-24)20-6-4-5-9-27-20)19-10-18(14-26-15-19)16-7-8-22(29-2)23(12-16)30-3/h4-15H,1-3H3,(H,25,28). The van der Waals surface area contributed by atoms with Gasteiger partial charge in [-0.1, -0.05) is 12.1 Å². The lowest BCUT2D eigenvalue weighted by Crippen LogP contribution is -1.96. The van der Waals surface area contributed by atoms with E-state index in [1.807, 2.05) is 68.0 Å². The first-order valence-corrected chi connectivity index (χ1v) is 9.51. The summed E-state index contributed by atoms with van der Waals surface area (Å²) in [7, 11) is 5.11. The normalized spacial score (nSPS) is 10.5. The SMILES string of the molecule is CNc1cc(-c2cncc(-c3ccc(OC)c(OC)c3)c2)cc(-c2ccccn2)n1. The number of rotatable bonds is 6. The number of ether oxygens (including phenoxy) is 2. The van der Waals surface area contributed by atoms with Crippen molar-refractivity contribution in [2.75, 3.05) is 26.6 Å². The van der Waals surface area contributed by atoms with Crippen LogP contribution in [0.1, 0.15) is 0 Å². The quantitative estimate of drug-likeness (QED) is 0.497. The van der Waals surface area contributed by atoms with Crippen molar-refractivity contribution in [1.29, 1.82) is 0 Å². The molecular weight excluding hydrogens is 376 g/mol. The summed E-state index contributed by atoms with van der Waals surface area (Å²) in [5.74, 6) is 2.14. The predicted octanol–water partition coefficient (Wildman–Crippen LogP) is 4.93. The van der Waals surface area contributed by atoms with E-state index < -0.39 is 0 Å². The number of aromatic nitrogens is 3. The maximum Gasteiger partial charge on any atom is 0.161 e. The van der Waals surface area contributed by atoms with Gasteiger partial charge in [-0.3, -0.25) is 9.97 Å². The molecule has 0 saturated heterocycles. The van der Waals surface area contributed by atoms with Crippen LogP contribution in [0.3, 0.4) is 0 Å². The highest BCUT2D eigenvalue weighted by molar-refractivity contribution is 5.76. The maximum atomic E-state index is 5.44. The van der Waals surface area contributed by atoms with Gasteiger partial charge in [0.25, 0.3) is 0 Å². The zero-order valence-corrected chi connectivity index (χ0v) is 17.1. The van der Waals surface area contributed by atoms with Gasteiger partial charge in [0.2, 0.25) is 0 Å². The molecule has 0 aliphatic carbocycles. The van der Waals surface area contributed by atoms with Crippen molar-refractivity contribution >= 4 is 5.82 Å². The van der Waals surface area contributed by atoms with Gasteiger partial charge in [0.15, 0.2) is 11.5 Å². The summed E-state index contributed by atoms with van der Waals surface area (Å²) in [6.45, 7) is 0. The van der Waals surface area contributed by atoms with E-state index in [2.05, 4.69) is 26.3 Å². The number of pyridine rings is 3. The van der Waals surface area contributed by atoms with Crippen molar-refractivity contribution in [2.24, 2.45) is 0 Å². The van der Waals surface area contributed by atoms with E-state index >= 15 is 0 Å². The van der Waals surface area contributed by atoms with Gasteiger partial charge in [0.05, 0.1) is 25.6 Å². The van der Waals surface area contributed by atoms with Crippen molar-refractivity contribution in [3.05, 3.63) is 73.2 Å². The Balaban J connectivity index is 1.77. The van der Waals surface area contributed by atoms with E-state index in [-0.39, 0.29) is 0 Å². The summed E-state index contributed by atoms with van der Waals surface area (Å²) in [6.07, 6.45) is 5.45. The molecule has 0 atom stereocenters. The Morgan fingerprint density at radius 2 is 1.53 bits per heavy atom. The first kappa shape index (κ1) is 19.4. The molecular formula is C24H22N4O2. The molecule has 3 heterocycles. The fraction of sp³-hybridized carbons (Fsp3) is 0.125. The molecule has 0 aliphatic heterocycles. The first-order chi connectivity index (χ1) is 14.7. The van der Waals surface area contributed by atoms with Gasteiger partial charge in [-0.15, -0.1) is 0 Å². The molecule has 0 saturated carbocycles. The largest absolute Gasteiger partial charge is 0.493 e. The number of hydrogen-bond acceptors (Lipinski definition) is 6. The van der Waals surface area contributed by atoms with Crippen molar-refractivity contribution < 1.29 is 9.47 Å². The molecule has 0 fully saturated rings. The van der Waals surface area contributed by atoms with E-state index in [0.717, 1.165) is 39.5 Å². The Labute approximate surface area is 175 Å². The molecule has 3 aromatic heterocycles. The molecule has 30 heavy (non-hydrogen) atoms. The fourth-order valence-corrected chi connectivity index (χ4v) is 3.24. The Hall–Kier alpha value is -3.93. The Morgan fingerprint density at radius 3 is 2.23 bits per heavy atom. The first-order valence-electron chi connectivity index (χ1n) is 9.51. The second-order valence-electron chi connectivity index (χ2n) is 6.62. The van der Waals surface area contributed by atoms with Gasteiger partial charge in [-0.2, -0.15) is 0 Å². The highest BCUT2D eigenvalue weighted by Gasteiger charge is 2.10. The highest BCUT2D eigenvalue weighted by Crippen LogP contribution is 2.34. The molecule has 6 heteroatoms. The van der Waals surface area contributed by atoms with Crippen LogP contribution in [0.4, 0.5) is 5.82 Å². The Bertz CT molecular complexity index is 1160. The minimum atomic E-state index is 0.680. The third-order valence-electron chi connectivity index (χ3n) is 4.80. The number of nitrogens with one attached hydrogen (secondary N) is 1. The van der Waals surface area contributed by atoms with E-state index in [4.69, 9.17) is 9.47 Å². The monoisotopic (exact) mass is 398 g/mol. The van der Waals surface area contributed by atoms with Crippen LogP contribution in [-0.2, 0) is 0 Å².